The first-order valence-corrected chi connectivity index (χ1v) is 6.48. The normalized spacial score (nSPS) is 10.2. The van der Waals surface area contributed by atoms with Crippen LogP contribution in [0.15, 0.2) is 42.5 Å². The van der Waals surface area contributed by atoms with Crippen LogP contribution in [0.4, 0.5) is 5.69 Å². The molecule has 0 aliphatic carbocycles. The van der Waals surface area contributed by atoms with Crippen LogP contribution in [-0.2, 0) is 6.54 Å². The maximum Gasteiger partial charge on any atom is 0.257 e. The van der Waals surface area contributed by atoms with E-state index < -0.39 is 0 Å². The van der Waals surface area contributed by atoms with Gasteiger partial charge in [-0.25, -0.2) is 0 Å². The number of carbonyl (C=O) groups is 1. The summed E-state index contributed by atoms with van der Waals surface area (Å²) in [4.78, 5) is 14.0. The molecule has 2 aromatic carbocycles. The molecule has 21 heavy (non-hydrogen) atoms. The summed E-state index contributed by atoms with van der Waals surface area (Å²) in [5, 5.41) is 9.26. The van der Waals surface area contributed by atoms with Gasteiger partial charge >= 0.3 is 0 Å². The molecule has 0 spiro atoms. The molecule has 0 fully saturated rings. The van der Waals surface area contributed by atoms with E-state index in [9.17, 15) is 9.90 Å². The third-order valence-corrected chi connectivity index (χ3v) is 3.16. The van der Waals surface area contributed by atoms with E-state index in [1.807, 2.05) is 0 Å². The summed E-state index contributed by atoms with van der Waals surface area (Å²) < 4.78 is 5.20. The quantitative estimate of drug-likeness (QED) is 0.845. The highest BCUT2D eigenvalue weighted by Gasteiger charge is 2.17. The average Bonchev–Trinajstić information content (AvgIpc) is 2.48. The van der Waals surface area contributed by atoms with E-state index in [1.54, 1.807) is 54.4 Å². The van der Waals surface area contributed by atoms with Crippen LogP contribution in [0.2, 0.25) is 0 Å². The van der Waals surface area contributed by atoms with Gasteiger partial charge in [-0.2, -0.15) is 0 Å². The fraction of sp³-hybridized carbons (Fsp3) is 0.188. The first kappa shape index (κ1) is 14.7. The summed E-state index contributed by atoms with van der Waals surface area (Å²) >= 11 is 0. The van der Waals surface area contributed by atoms with Crippen molar-refractivity contribution in [3.8, 4) is 11.5 Å². The second-order valence-corrected chi connectivity index (χ2v) is 4.79. The Morgan fingerprint density at radius 2 is 1.90 bits per heavy atom. The number of phenolic OH excluding ortho intramolecular Hbond substituents is 1. The largest absolute Gasteiger partial charge is 0.508 e. The molecule has 110 valence electrons. The van der Waals surface area contributed by atoms with Gasteiger partial charge in [0, 0.05) is 25.3 Å². The van der Waals surface area contributed by atoms with Crippen molar-refractivity contribution in [1.82, 2.24) is 4.90 Å². The Hall–Kier alpha value is -2.69. The number of methoxy groups -OCH3 is 1. The fourth-order valence-corrected chi connectivity index (χ4v) is 2.04. The number of ether oxygens (including phenoxy) is 1. The molecule has 0 bridgehead atoms. The number of rotatable bonds is 4. The molecule has 3 N–H and O–H groups in total. The topological polar surface area (TPSA) is 75.8 Å². The number of nitrogens with two attached hydrogens (primary N) is 1. The van der Waals surface area contributed by atoms with Crippen LogP contribution in [0, 0.1) is 0 Å². The summed E-state index contributed by atoms with van der Waals surface area (Å²) in [6.45, 7) is 0.437. The Morgan fingerprint density at radius 3 is 2.52 bits per heavy atom. The van der Waals surface area contributed by atoms with Gasteiger partial charge in [-0.1, -0.05) is 12.1 Å². The number of hydrogen-bond acceptors (Lipinski definition) is 4. The van der Waals surface area contributed by atoms with E-state index in [2.05, 4.69) is 0 Å². The van der Waals surface area contributed by atoms with Gasteiger partial charge in [0.1, 0.15) is 11.5 Å². The van der Waals surface area contributed by atoms with Gasteiger partial charge in [-0.05, 0) is 29.8 Å². The van der Waals surface area contributed by atoms with Crippen LogP contribution in [0.25, 0.3) is 0 Å². The van der Waals surface area contributed by atoms with Crippen molar-refractivity contribution in [2.24, 2.45) is 0 Å². The Kier molecular flexibility index (Phi) is 4.33. The summed E-state index contributed by atoms with van der Waals surface area (Å²) in [5.74, 6) is 0.505. The van der Waals surface area contributed by atoms with E-state index in [0.29, 0.717) is 23.5 Å². The van der Waals surface area contributed by atoms with E-state index in [1.165, 1.54) is 7.11 Å². The van der Waals surface area contributed by atoms with Crippen molar-refractivity contribution in [3.63, 3.8) is 0 Å². The van der Waals surface area contributed by atoms with Crippen molar-refractivity contribution in [1.29, 1.82) is 0 Å². The fourth-order valence-electron chi connectivity index (χ4n) is 2.04. The maximum absolute atomic E-state index is 12.5. The number of nitrogens with zero attached hydrogens (tertiary/aromatic N) is 1. The molecule has 5 nitrogen and oxygen atoms in total. The molecule has 0 aliphatic rings. The SMILES string of the molecule is COc1cc(N)ccc1C(=O)N(C)Cc1ccc(O)cc1. The Labute approximate surface area is 123 Å². The highest BCUT2D eigenvalue weighted by Crippen LogP contribution is 2.23. The monoisotopic (exact) mass is 286 g/mol. The first-order valence-electron chi connectivity index (χ1n) is 6.48. The number of nitrogen functional groups attached to an aromatic ring is 1. The van der Waals surface area contributed by atoms with Gasteiger partial charge in [0.05, 0.1) is 12.7 Å². The van der Waals surface area contributed by atoms with Crippen molar-refractivity contribution >= 4 is 11.6 Å². The number of carbonyl (C=O) groups excluding carboxylic acids is 1. The molecule has 0 aromatic heterocycles. The molecular formula is C16H18N2O3. The molecule has 0 unspecified atom stereocenters. The molecule has 0 aliphatic heterocycles. The molecule has 0 saturated heterocycles. The van der Waals surface area contributed by atoms with Crippen LogP contribution in [0.3, 0.4) is 0 Å². The summed E-state index contributed by atoms with van der Waals surface area (Å²) in [7, 11) is 3.22. The van der Waals surface area contributed by atoms with Crippen molar-refractivity contribution in [3.05, 3.63) is 53.6 Å². The van der Waals surface area contributed by atoms with E-state index >= 15 is 0 Å². The molecule has 1 amide bonds. The molecule has 2 rings (SSSR count). The van der Waals surface area contributed by atoms with Crippen LogP contribution in [0.1, 0.15) is 15.9 Å². The lowest BCUT2D eigenvalue weighted by molar-refractivity contribution is 0.0782. The standard InChI is InChI=1S/C16H18N2O3/c1-18(10-11-3-6-13(19)7-4-11)16(20)14-8-5-12(17)9-15(14)21-2/h3-9,19H,10,17H2,1-2H3. The summed E-state index contributed by atoms with van der Waals surface area (Å²) in [6.07, 6.45) is 0. The van der Waals surface area contributed by atoms with Gasteiger partial charge in [0.25, 0.3) is 5.91 Å². The zero-order valence-electron chi connectivity index (χ0n) is 12.0. The predicted octanol–water partition coefficient (Wildman–Crippen LogP) is 2.26. The zero-order valence-corrected chi connectivity index (χ0v) is 12.0. The molecular weight excluding hydrogens is 268 g/mol. The lowest BCUT2D eigenvalue weighted by Gasteiger charge is -2.19. The Balaban J connectivity index is 2.17. The predicted molar refractivity (Wildman–Crippen MR) is 81.3 cm³/mol. The summed E-state index contributed by atoms with van der Waals surface area (Å²) in [6, 6.07) is 11.7. The van der Waals surface area contributed by atoms with E-state index in [-0.39, 0.29) is 11.7 Å². The number of anilines is 1. The minimum Gasteiger partial charge on any atom is -0.508 e. The Bertz CT molecular complexity index is 638. The van der Waals surface area contributed by atoms with Gasteiger partial charge in [-0.15, -0.1) is 0 Å². The number of aromatic hydroxyl groups is 1. The molecule has 0 atom stereocenters. The maximum atomic E-state index is 12.5. The van der Waals surface area contributed by atoms with Crippen LogP contribution >= 0.6 is 0 Å². The van der Waals surface area contributed by atoms with Gasteiger partial charge < -0.3 is 20.5 Å². The van der Waals surface area contributed by atoms with E-state index in [0.717, 1.165) is 5.56 Å². The number of amides is 1. The van der Waals surface area contributed by atoms with Gasteiger partial charge in [0.2, 0.25) is 0 Å². The second-order valence-electron chi connectivity index (χ2n) is 4.79. The molecule has 0 radical (unpaired) electrons. The molecule has 0 saturated carbocycles. The third-order valence-electron chi connectivity index (χ3n) is 3.16. The van der Waals surface area contributed by atoms with Crippen molar-refractivity contribution in [2.45, 2.75) is 6.54 Å². The number of benzene rings is 2. The van der Waals surface area contributed by atoms with Crippen LogP contribution in [-0.4, -0.2) is 30.1 Å². The first-order chi connectivity index (χ1) is 10.0. The molecule has 0 heterocycles. The number of hydrogen-bond donors (Lipinski definition) is 2. The Morgan fingerprint density at radius 1 is 1.24 bits per heavy atom. The molecule has 2 aromatic rings. The lowest BCUT2D eigenvalue weighted by atomic mass is 10.1. The molecule has 5 heteroatoms. The highest BCUT2D eigenvalue weighted by molar-refractivity contribution is 5.97. The van der Waals surface area contributed by atoms with Crippen LogP contribution < -0.4 is 10.5 Å². The minimum atomic E-state index is -0.153. The zero-order chi connectivity index (χ0) is 15.4. The van der Waals surface area contributed by atoms with Gasteiger partial charge in [-0.3, -0.25) is 4.79 Å². The number of phenols is 1. The average molecular weight is 286 g/mol. The lowest BCUT2D eigenvalue weighted by Crippen LogP contribution is -2.26. The second kappa shape index (κ2) is 6.17. The minimum absolute atomic E-state index is 0.153. The van der Waals surface area contributed by atoms with Crippen LogP contribution in [0.5, 0.6) is 11.5 Å². The third kappa shape index (κ3) is 3.45. The van der Waals surface area contributed by atoms with Gasteiger partial charge in [0.15, 0.2) is 0 Å². The summed E-state index contributed by atoms with van der Waals surface area (Å²) in [5.41, 5.74) is 7.63. The van der Waals surface area contributed by atoms with Crippen molar-refractivity contribution < 1.29 is 14.6 Å². The highest BCUT2D eigenvalue weighted by atomic mass is 16.5. The van der Waals surface area contributed by atoms with E-state index in [4.69, 9.17) is 10.5 Å². The van der Waals surface area contributed by atoms with Crippen molar-refractivity contribution in [2.75, 3.05) is 19.9 Å². The smallest absolute Gasteiger partial charge is 0.257 e.